The van der Waals surface area contributed by atoms with Crippen molar-refractivity contribution in [2.24, 2.45) is 5.92 Å². The molecule has 0 unspecified atom stereocenters. The molecule has 2 aromatic rings. The van der Waals surface area contributed by atoms with Crippen LogP contribution in [0.1, 0.15) is 25.3 Å². The second kappa shape index (κ2) is 8.25. The van der Waals surface area contributed by atoms with Crippen LogP contribution < -0.4 is 5.32 Å². The Morgan fingerprint density at radius 3 is 3.12 bits per heavy atom. The van der Waals surface area contributed by atoms with Crippen LogP contribution in [0.25, 0.3) is 0 Å². The van der Waals surface area contributed by atoms with E-state index in [0.717, 1.165) is 31.5 Å². The molecule has 1 aromatic heterocycles. The number of likely N-dealkylation sites (tertiary alicyclic amines) is 1. The van der Waals surface area contributed by atoms with Crippen molar-refractivity contribution in [3.8, 4) is 0 Å². The van der Waals surface area contributed by atoms with Gasteiger partial charge in [-0.15, -0.1) is 0 Å². The molecule has 1 aliphatic rings. The van der Waals surface area contributed by atoms with Crippen LogP contribution in [0, 0.1) is 11.7 Å². The lowest BCUT2D eigenvalue weighted by Gasteiger charge is -2.32. The van der Waals surface area contributed by atoms with Crippen LogP contribution in [0.4, 0.5) is 4.39 Å². The maximum atomic E-state index is 13.3. The smallest absolute Gasteiger partial charge is 0.224 e. The second-order valence-corrected chi connectivity index (χ2v) is 6.87. The van der Waals surface area contributed by atoms with Gasteiger partial charge in [-0.1, -0.05) is 12.1 Å². The molecular formula is C19H25FN4O. The van der Waals surface area contributed by atoms with Gasteiger partial charge in [0, 0.05) is 38.1 Å². The molecule has 3 rings (SSSR count). The van der Waals surface area contributed by atoms with Crippen LogP contribution in [0.3, 0.4) is 0 Å². The summed E-state index contributed by atoms with van der Waals surface area (Å²) in [5.41, 5.74) is 0.953. The summed E-state index contributed by atoms with van der Waals surface area (Å²) in [4.78, 5) is 18.8. The minimum absolute atomic E-state index is 0.00690. The zero-order chi connectivity index (χ0) is 17.6. The van der Waals surface area contributed by atoms with E-state index in [1.165, 1.54) is 6.07 Å². The van der Waals surface area contributed by atoms with Crippen LogP contribution in [-0.4, -0.2) is 39.5 Å². The van der Waals surface area contributed by atoms with Crippen molar-refractivity contribution in [1.29, 1.82) is 0 Å². The summed E-state index contributed by atoms with van der Waals surface area (Å²) in [6.07, 6.45) is 7.28. The van der Waals surface area contributed by atoms with Gasteiger partial charge in [-0.3, -0.25) is 9.69 Å². The van der Waals surface area contributed by atoms with E-state index in [0.29, 0.717) is 13.1 Å². The molecule has 1 aromatic carbocycles. The summed E-state index contributed by atoms with van der Waals surface area (Å²) < 4.78 is 15.3. The number of benzene rings is 1. The number of imidazole rings is 1. The molecule has 134 valence electrons. The van der Waals surface area contributed by atoms with Gasteiger partial charge in [0.05, 0.1) is 12.2 Å². The molecule has 1 saturated heterocycles. The van der Waals surface area contributed by atoms with Gasteiger partial charge < -0.3 is 9.88 Å². The van der Waals surface area contributed by atoms with E-state index < -0.39 is 0 Å². The van der Waals surface area contributed by atoms with Crippen LogP contribution >= 0.6 is 0 Å². The van der Waals surface area contributed by atoms with Crippen LogP contribution in [-0.2, 0) is 17.9 Å². The average Bonchev–Trinajstić information content (AvgIpc) is 3.08. The highest BCUT2D eigenvalue weighted by Crippen LogP contribution is 2.19. The summed E-state index contributed by atoms with van der Waals surface area (Å²) in [6, 6.07) is 6.74. The van der Waals surface area contributed by atoms with Crippen molar-refractivity contribution in [3.05, 3.63) is 54.4 Å². The fraction of sp³-hybridized carbons (Fsp3) is 0.474. The Morgan fingerprint density at radius 1 is 1.48 bits per heavy atom. The van der Waals surface area contributed by atoms with Gasteiger partial charge >= 0.3 is 0 Å². The molecule has 1 fully saturated rings. The van der Waals surface area contributed by atoms with E-state index in [9.17, 15) is 9.18 Å². The Balaban J connectivity index is 1.50. The third-order valence-corrected chi connectivity index (χ3v) is 4.60. The first kappa shape index (κ1) is 17.6. The van der Waals surface area contributed by atoms with Gasteiger partial charge in [0.2, 0.25) is 5.91 Å². The first-order chi connectivity index (χ1) is 12.1. The molecule has 0 spiro atoms. The molecule has 25 heavy (non-hydrogen) atoms. The summed E-state index contributed by atoms with van der Waals surface area (Å²) in [5.74, 6) is -0.110. The number of hydrogen-bond acceptors (Lipinski definition) is 3. The van der Waals surface area contributed by atoms with Gasteiger partial charge in [0.25, 0.3) is 0 Å². The van der Waals surface area contributed by atoms with E-state index in [4.69, 9.17) is 0 Å². The Morgan fingerprint density at radius 2 is 2.36 bits per heavy atom. The van der Waals surface area contributed by atoms with E-state index >= 15 is 0 Å². The number of nitrogens with one attached hydrogen (secondary N) is 1. The second-order valence-electron chi connectivity index (χ2n) is 6.87. The number of carbonyl (C=O) groups is 1. The summed E-state index contributed by atoms with van der Waals surface area (Å²) in [7, 11) is 0. The number of hydrogen-bond donors (Lipinski definition) is 1. The van der Waals surface area contributed by atoms with Crippen LogP contribution in [0.5, 0.6) is 0 Å². The van der Waals surface area contributed by atoms with Crippen molar-refractivity contribution in [2.45, 2.75) is 38.9 Å². The number of aromatic nitrogens is 2. The first-order valence-corrected chi connectivity index (χ1v) is 8.83. The molecular weight excluding hydrogens is 319 g/mol. The standard InChI is InChI=1S/C19H25FN4O/c1-15(11-24-9-7-21-14-24)22-19(25)17-5-3-8-23(13-17)12-16-4-2-6-18(20)10-16/h2,4,6-7,9-10,14-15,17H,3,5,8,11-13H2,1H3,(H,22,25)/t15-,17+/m0/s1. The highest BCUT2D eigenvalue weighted by Gasteiger charge is 2.26. The summed E-state index contributed by atoms with van der Waals surface area (Å²) >= 11 is 0. The Hall–Kier alpha value is -2.21. The Bertz CT molecular complexity index is 688. The zero-order valence-corrected chi connectivity index (χ0v) is 14.6. The van der Waals surface area contributed by atoms with E-state index in [1.54, 1.807) is 24.7 Å². The summed E-state index contributed by atoms with van der Waals surface area (Å²) in [6.45, 7) is 5.08. The van der Waals surface area contributed by atoms with Crippen molar-refractivity contribution >= 4 is 5.91 Å². The summed E-state index contributed by atoms with van der Waals surface area (Å²) in [5, 5.41) is 3.11. The molecule has 0 radical (unpaired) electrons. The van der Waals surface area contributed by atoms with E-state index in [-0.39, 0.29) is 23.7 Å². The van der Waals surface area contributed by atoms with E-state index in [1.807, 2.05) is 23.8 Å². The maximum absolute atomic E-state index is 13.3. The molecule has 2 heterocycles. The average molecular weight is 344 g/mol. The molecule has 5 nitrogen and oxygen atoms in total. The number of halogens is 1. The number of rotatable bonds is 6. The van der Waals surface area contributed by atoms with Crippen molar-refractivity contribution in [3.63, 3.8) is 0 Å². The van der Waals surface area contributed by atoms with Crippen LogP contribution in [0.2, 0.25) is 0 Å². The number of amides is 1. The molecule has 6 heteroatoms. The molecule has 2 atom stereocenters. The monoisotopic (exact) mass is 344 g/mol. The number of nitrogens with zero attached hydrogens (tertiary/aromatic N) is 3. The highest BCUT2D eigenvalue weighted by atomic mass is 19.1. The van der Waals surface area contributed by atoms with Gasteiger partial charge in [-0.2, -0.15) is 0 Å². The van der Waals surface area contributed by atoms with Gasteiger partial charge in [0.1, 0.15) is 5.82 Å². The lowest BCUT2D eigenvalue weighted by atomic mass is 9.96. The largest absolute Gasteiger partial charge is 0.352 e. The normalized spacial score (nSPS) is 19.5. The first-order valence-electron chi connectivity index (χ1n) is 8.83. The third-order valence-electron chi connectivity index (χ3n) is 4.60. The fourth-order valence-corrected chi connectivity index (χ4v) is 3.42. The molecule has 0 aliphatic carbocycles. The molecule has 1 amide bonds. The lowest BCUT2D eigenvalue weighted by molar-refractivity contribution is -0.127. The zero-order valence-electron chi connectivity index (χ0n) is 14.6. The third kappa shape index (κ3) is 5.13. The van der Waals surface area contributed by atoms with Gasteiger partial charge in [-0.25, -0.2) is 9.37 Å². The van der Waals surface area contributed by atoms with Crippen LogP contribution in [0.15, 0.2) is 43.0 Å². The predicted octanol–water partition coefficient (Wildman–Crippen LogP) is 2.44. The van der Waals surface area contributed by atoms with E-state index in [2.05, 4.69) is 15.2 Å². The molecule has 0 bridgehead atoms. The number of carbonyl (C=O) groups excluding carboxylic acids is 1. The topological polar surface area (TPSA) is 50.2 Å². The van der Waals surface area contributed by atoms with Gasteiger partial charge in [-0.05, 0) is 44.0 Å². The minimum Gasteiger partial charge on any atom is -0.352 e. The fourth-order valence-electron chi connectivity index (χ4n) is 3.42. The molecule has 0 saturated carbocycles. The lowest BCUT2D eigenvalue weighted by Crippen LogP contribution is -2.45. The SMILES string of the molecule is C[C@@H](Cn1ccnc1)NC(=O)[C@@H]1CCCN(Cc2cccc(F)c2)C1. The Labute approximate surface area is 147 Å². The predicted molar refractivity (Wildman–Crippen MR) is 94.2 cm³/mol. The number of piperidine rings is 1. The maximum Gasteiger partial charge on any atom is 0.224 e. The quantitative estimate of drug-likeness (QED) is 0.876. The van der Waals surface area contributed by atoms with Crippen molar-refractivity contribution in [2.75, 3.05) is 13.1 Å². The molecule has 1 aliphatic heterocycles. The Kier molecular flexibility index (Phi) is 5.81. The highest BCUT2D eigenvalue weighted by molar-refractivity contribution is 5.79. The molecule has 1 N–H and O–H groups in total. The van der Waals surface area contributed by atoms with Crippen molar-refractivity contribution < 1.29 is 9.18 Å². The van der Waals surface area contributed by atoms with Gasteiger partial charge in [0.15, 0.2) is 0 Å². The van der Waals surface area contributed by atoms with Crippen molar-refractivity contribution in [1.82, 2.24) is 19.8 Å². The minimum atomic E-state index is -0.211.